The lowest BCUT2D eigenvalue weighted by atomic mass is 10.2. The molecular weight excluding hydrogens is 346 g/mol. The molecule has 0 amide bonds. The topological polar surface area (TPSA) is 80.1 Å². The van der Waals surface area contributed by atoms with Crippen molar-refractivity contribution >= 4 is 26.0 Å². The van der Waals surface area contributed by atoms with Crippen molar-refractivity contribution in [2.45, 2.75) is 42.8 Å². The van der Waals surface area contributed by atoms with Crippen molar-refractivity contribution in [2.24, 2.45) is 7.05 Å². The highest BCUT2D eigenvalue weighted by atomic mass is 79.9. The molecule has 7 nitrogen and oxygen atoms in total. The third-order valence-electron chi connectivity index (χ3n) is 3.81. The molecule has 2 aliphatic rings. The Kier molecular flexibility index (Phi) is 3.87. The normalized spacial score (nSPS) is 23.6. The molecule has 1 aromatic rings. The van der Waals surface area contributed by atoms with E-state index in [0.717, 1.165) is 32.2 Å². The van der Waals surface area contributed by atoms with E-state index < -0.39 is 10.0 Å². The number of nitrogens with zero attached hydrogens (tertiary/aromatic N) is 4. The minimum absolute atomic E-state index is 0.129. The molecule has 1 saturated heterocycles. The van der Waals surface area contributed by atoms with Crippen LogP contribution >= 0.6 is 15.9 Å². The average molecular weight is 364 g/mol. The second-order valence-corrected chi connectivity index (χ2v) is 7.97. The maximum Gasteiger partial charge on any atom is 0.263 e. The highest BCUT2D eigenvalue weighted by molar-refractivity contribution is 9.10. The average Bonchev–Trinajstić information content (AvgIpc) is 2.97. The van der Waals surface area contributed by atoms with Crippen molar-refractivity contribution in [1.29, 1.82) is 0 Å². The van der Waals surface area contributed by atoms with E-state index in [1.165, 1.54) is 4.68 Å². The summed E-state index contributed by atoms with van der Waals surface area (Å²) in [5.41, 5.74) is 0. The van der Waals surface area contributed by atoms with E-state index in [1.54, 1.807) is 11.4 Å². The van der Waals surface area contributed by atoms with E-state index in [0.29, 0.717) is 6.54 Å². The standard InChI is InChI=1S/C11H18BrN5O2S/c1-16-11(10(12)14-15-16)20(18,19)17(9-4-5-9)7-8-3-2-6-13-8/h8-9,13H,2-7H2,1H3. The summed E-state index contributed by atoms with van der Waals surface area (Å²) in [6.07, 6.45) is 4.02. The Bertz CT molecular complexity index is 572. The van der Waals surface area contributed by atoms with Crippen LogP contribution in [0, 0.1) is 0 Å². The van der Waals surface area contributed by atoms with Crippen LogP contribution in [0.4, 0.5) is 0 Å². The van der Waals surface area contributed by atoms with Crippen LogP contribution in [0.3, 0.4) is 0 Å². The SMILES string of the molecule is Cn1nnc(Br)c1S(=O)(=O)N(CC1CCCN1)C1CC1. The third kappa shape index (κ3) is 2.63. The minimum atomic E-state index is -3.56. The van der Waals surface area contributed by atoms with Crippen molar-refractivity contribution in [1.82, 2.24) is 24.6 Å². The Labute approximate surface area is 126 Å². The summed E-state index contributed by atoms with van der Waals surface area (Å²) < 4.78 is 29.0. The monoisotopic (exact) mass is 363 g/mol. The quantitative estimate of drug-likeness (QED) is 0.822. The maximum absolute atomic E-state index is 12.9. The van der Waals surface area contributed by atoms with Crippen molar-refractivity contribution in [2.75, 3.05) is 13.1 Å². The smallest absolute Gasteiger partial charge is 0.263 e. The first-order valence-electron chi connectivity index (χ1n) is 6.80. The predicted molar refractivity (Wildman–Crippen MR) is 76.6 cm³/mol. The summed E-state index contributed by atoms with van der Waals surface area (Å²) in [6.45, 7) is 1.50. The number of aryl methyl sites for hydroxylation is 1. The van der Waals surface area contributed by atoms with Gasteiger partial charge >= 0.3 is 0 Å². The first kappa shape index (κ1) is 14.4. The minimum Gasteiger partial charge on any atom is -0.313 e. The van der Waals surface area contributed by atoms with Crippen LogP contribution in [-0.4, -0.2) is 52.9 Å². The highest BCUT2D eigenvalue weighted by Crippen LogP contribution is 2.34. The summed E-state index contributed by atoms with van der Waals surface area (Å²) in [4.78, 5) is 0. The number of hydrogen-bond acceptors (Lipinski definition) is 5. The second kappa shape index (κ2) is 5.36. The van der Waals surface area contributed by atoms with Crippen LogP contribution in [0.5, 0.6) is 0 Å². The Morgan fingerprint density at radius 3 is 2.70 bits per heavy atom. The van der Waals surface area contributed by atoms with E-state index in [-0.39, 0.29) is 21.7 Å². The lowest BCUT2D eigenvalue weighted by Crippen LogP contribution is -2.43. The van der Waals surface area contributed by atoms with Crippen LogP contribution in [0.25, 0.3) is 0 Å². The molecule has 0 radical (unpaired) electrons. The van der Waals surface area contributed by atoms with Crippen LogP contribution in [0.1, 0.15) is 25.7 Å². The molecule has 0 aromatic carbocycles. The van der Waals surface area contributed by atoms with Gasteiger partial charge in [0.2, 0.25) is 5.03 Å². The molecule has 1 atom stereocenters. The molecule has 2 fully saturated rings. The van der Waals surface area contributed by atoms with Gasteiger partial charge in [0.15, 0.2) is 4.60 Å². The summed E-state index contributed by atoms with van der Waals surface area (Å²) in [7, 11) is -1.96. The molecule has 0 bridgehead atoms. The molecule has 1 aliphatic heterocycles. The van der Waals surface area contributed by atoms with Crippen molar-refractivity contribution in [3.63, 3.8) is 0 Å². The Balaban J connectivity index is 1.89. The van der Waals surface area contributed by atoms with Crippen LogP contribution in [0.2, 0.25) is 0 Å². The van der Waals surface area contributed by atoms with E-state index in [1.807, 2.05) is 0 Å². The molecule has 1 unspecified atom stereocenters. The number of halogens is 1. The van der Waals surface area contributed by atoms with Gasteiger partial charge in [-0.05, 0) is 48.2 Å². The van der Waals surface area contributed by atoms with Gasteiger partial charge in [0, 0.05) is 25.7 Å². The fraction of sp³-hybridized carbons (Fsp3) is 0.818. The Hall–Kier alpha value is -0.510. The van der Waals surface area contributed by atoms with Gasteiger partial charge in [-0.2, -0.15) is 4.31 Å². The Morgan fingerprint density at radius 1 is 1.45 bits per heavy atom. The third-order valence-corrected chi connectivity index (χ3v) is 6.61. The van der Waals surface area contributed by atoms with E-state index >= 15 is 0 Å². The summed E-state index contributed by atoms with van der Waals surface area (Å²) >= 11 is 3.19. The van der Waals surface area contributed by atoms with Crippen molar-refractivity contribution in [3.8, 4) is 0 Å². The molecule has 1 aromatic heterocycles. The highest BCUT2D eigenvalue weighted by Gasteiger charge is 2.42. The molecule has 1 aliphatic carbocycles. The first-order chi connectivity index (χ1) is 9.50. The number of hydrogen-bond donors (Lipinski definition) is 1. The molecule has 20 heavy (non-hydrogen) atoms. The fourth-order valence-electron chi connectivity index (χ4n) is 2.64. The summed E-state index contributed by atoms with van der Waals surface area (Å²) in [6, 6.07) is 0.384. The molecule has 112 valence electrons. The van der Waals surface area contributed by atoms with Gasteiger partial charge in [0.25, 0.3) is 10.0 Å². The van der Waals surface area contributed by atoms with Gasteiger partial charge in [-0.1, -0.05) is 5.21 Å². The summed E-state index contributed by atoms with van der Waals surface area (Å²) in [5, 5.41) is 11.1. The van der Waals surface area contributed by atoms with Gasteiger partial charge < -0.3 is 5.32 Å². The van der Waals surface area contributed by atoms with Gasteiger partial charge in [-0.25, -0.2) is 13.1 Å². The van der Waals surface area contributed by atoms with Crippen LogP contribution in [0.15, 0.2) is 9.63 Å². The molecule has 2 heterocycles. The first-order valence-corrected chi connectivity index (χ1v) is 9.04. The Morgan fingerprint density at radius 2 is 2.20 bits per heavy atom. The molecule has 1 N–H and O–H groups in total. The zero-order chi connectivity index (χ0) is 14.3. The fourth-order valence-corrected chi connectivity index (χ4v) is 5.41. The largest absolute Gasteiger partial charge is 0.313 e. The van der Waals surface area contributed by atoms with Gasteiger partial charge in [-0.3, -0.25) is 0 Å². The maximum atomic E-state index is 12.9. The van der Waals surface area contributed by atoms with Crippen LogP contribution in [-0.2, 0) is 17.1 Å². The number of rotatable bonds is 5. The zero-order valence-corrected chi connectivity index (χ0v) is 13.7. The zero-order valence-electron chi connectivity index (χ0n) is 11.3. The van der Waals surface area contributed by atoms with Gasteiger partial charge in [0.1, 0.15) is 0 Å². The van der Waals surface area contributed by atoms with Crippen molar-refractivity contribution < 1.29 is 8.42 Å². The lowest BCUT2D eigenvalue weighted by Gasteiger charge is -2.24. The lowest BCUT2D eigenvalue weighted by molar-refractivity contribution is 0.359. The van der Waals surface area contributed by atoms with Crippen LogP contribution < -0.4 is 5.32 Å². The van der Waals surface area contributed by atoms with E-state index in [4.69, 9.17) is 0 Å². The number of aromatic nitrogens is 3. The molecule has 1 saturated carbocycles. The van der Waals surface area contributed by atoms with Gasteiger partial charge in [-0.15, -0.1) is 5.10 Å². The second-order valence-electron chi connectivity index (χ2n) is 5.41. The molecule has 3 rings (SSSR count). The number of sulfonamides is 1. The van der Waals surface area contributed by atoms with E-state index in [2.05, 4.69) is 31.6 Å². The molecule has 9 heteroatoms. The molecular formula is C11H18BrN5O2S. The molecule has 0 spiro atoms. The van der Waals surface area contributed by atoms with Gasteiger partial charge in [0.05, 0.1) is 0 Å². The summed E-state index contributed by atoms with van der Waals surface area (Å²) in [5.74, 6) is 0. The van der Waals surface area contributed by atoms with Crippen molar-refractivity contribution in [3.05, 3.63) is 4.60 Å². The predicted octanol–water partition coefficient (Wildman–Crippen LogP) is 0.483. The number of nitrogens with one attached hydrogen (secondary N) is 1. The van der Waals surface area contributed by atoms with E-state index in [9.17, 15) is 8.42 Å².